The molecule has 0 saturated heterocycles. The standard InChI is InChI=1S/C15H9BrCl2S/c16-12-7-8-19-15(12)14(18)11-5-6-13(17)10-4-2-1-3-9(10)11/h1-8,14H. The Bertz CT molecular complexity index is 736. The molecular weight excluding hydrogens is 363 g/mol. The molecule has 4 heteroatoms. The summed E-state index contributed by atoms with van der Waals surface area (Å²) in [5.74, 6) is 0. The van der Waals surface area contributed by atoms with Gasteiger partial charge in [-0.25, -0.2) is 0 Å². The molecule has 0 bridgehead atoms. The maximum atomic E-state index is 6.65. The van der Waals surface area contributed by atoms with E-state index in [1.807, 2.05) is 41.8 Å². The van der Waals surface area contributed by atoms with Gasteiger partial charge in [-0.3, -0.25) is 0 Å². The number of alkyl halides is 1. The fourth-order valence-electron chi connectivity index (χ4n) is 2.13. The van der Waals surface area contributed by atoms with Crippen molar-refractivity contribution in [3.05, 3.63) is 67.8 Å². The van der Waals surface area contributed by atoms with Crippen molar-refractivity contribution in [1.29, 1.82) is 0 Å². The Morgan fingerprint density at radius 2 is 1.74 bits per heavy atom. The third-order valence-corrected chi connectivity index (χ3v) is 5.90. The van der Waals surface area contributed by atoms with Crippen molar-refractivity contribution in [2.75, 3.05) is 0 Å². The van der Waals surface area contributed by atoms with E-state index in [-0.39, 0.29) is 5.38 Å². The average Bonchev–Trinajstić information content (AvgIpc) is 2.85. The minimum atomic E-state index is -0.170. The Morgan fingerprint density at radius 1 is 1.00 bits per heavy atom. The first-order valence-corrected chi connectivity index (χ1v) is 8.21. The predicted octanol–water partition coefficient (Wildman–Crippen LogP) is 6.65. The minimum absolute atomic E-state index is 0.170. The van der Waals surface area contributed by atoms with Crippen molar-refractivity contribution >= 4 is 61.2 Å². The molecule has 0 aliphatic rings. The lowest BCUT2D eigenvalue weighted by atomic mass is 10.0. The predicted molar refractivity (Wildman–Crippen MR) is 88.7 cm³/mol. The third-order valence-electron chi connectivity index (χ3n) is 3.05. The van der Waals surface area contributed by atoms with Gasteiger partial charge in [0.2, 0.25) is 0 Å². The molecule has 1 heterocycles. The molecule has 19 heavy (non-hydrogen) atoms. The summed E-state index contributed by atoms with van der Waals surface area (Å²) in [4.78, 5) is 1.12. The third kappa shape index (κ3) is 2.43. The van der Waals surface area contributed by atoms with Gasteiger partial charge >= 0.3 is 0 Å². The molecule has 96 valence electrons. The van der Waals surface area contributed by atoms with Gasteiger partial charge in [-0.15, -0.1) is 22.9 Å². The first-order valence-electron chi connectivity index (χ1n) is 5.72. The molecule has 1 unspecified atom stereocenters. The summed E-state index contributed by atoms with van der Waals surface area (Å²) in [6.45, 7) is 0. The van der Waals surface area contributed by atoms with Crippen molar-refractivity contribution < 1.29 is 0 Å². The zero-order chi connectivity index (χ0) is 13.4. The topological polar surface area (TPSA) is 0 Å². The molecule has 0 amide bonds. The van der Waals surface area contributed by atoms with Gasteiger partial charge in [0.25, 0.3) is 0 Å². The summed E-state index contributed by atoms with van der Waals surface area (Å²) in [6, 6.07) is 14.0. The molecule has 0 aliphatic heterocycles. The normalized spacial score (nSPS) is 12.8. The van der Waals surface area contributed by atoms with E-state index in [0.717, 1.165) is 30.7 Å². The second-order valence-corrected chi connectivity index (χ2v) is 6.82. The van der Waals surface area contributed by atoms with Crippen LogP contribution in [0.2, 0.25) is 5.02 Å². The molecule has 1 aromatic heterocycles. The van der Waals surface area contributed by atoms with Crippen LogP contribution in [0.5, 0.6) is 0 Å². The molecule has 0 nitrogen and oxygen atoms in total. The van der Waals surface area contributed by atoms with Crippen LogP contribution in [0.4, 0.5) is 0 Å². The smallest absolute Gasteiger partial charge is 0.0945 e. The second kappa shape index (κ2) is 5.45. The quantitative estimate of drug-likeness (QED) is 0.442. The van der Waals surface area contributed by atoms with Crippen molar-refractivity contribution in [3.63, 3.8) is 0 Å². The first kappa shape index (κ1) is 13.4. The average molecular weight is 372 g/mol. The summed E-state index contributed by atoms with van der Waals surface area (Å²) in [6.07, 6.45) is 0. The van der Waals surface area contributed by atoms with Crippen molar-refractivity contribution in [1.82, 2.24) is 0 Å². The van der Waals surface area contributed by atoms with E-state index in [1.165, 1.54) is 0 Å². The lowest BCUT2D eigenvalue weighted by molar-refractivity contribution is 1.20. The highest BCUT2D eigenvalue weighted by atomic mass is 79.9. The summed E-state index contributed by atoms with van der Waals surface area (Å²) < 4.78 is 1.05. The van der Waals surface area contributed by atoms with Crippen LogP contribution in [0.1, 0.15) is 15.8 Å². The Balaban J connectivity index is 2.21. The lowest BCUT2D eigenvalue weighted by Crippen LogP contribution is -1.93. The molecular formula is C15H9BrCl2S. The van der Waals surface area contributed by atoms with Gasteiger partial charge in [0.05, 0.1) is 5.38 Å². The summed E-state index contributed by atoms with van der Waals surface area (Å²) in [7, 11) is 0. The fraction of sp³-hybridized carbons (Fsp3) is 0.0667. The molecule has 3 rings (SSSR count). The molecule has 0 fully saturated rings. The van der Waals surface area contributed by atoms with Crippen LogP contribution < -0.4 is 0 Å². The maximum Gasteiger partial charge on any atom is 0.0945 e. The summed E-state index contributed by atoms with van der Waals surface area (Å²) in [5.41, 5.74) is 1.09. The molecule has 0 radical (unpaired) electrons. The molecule has 0 aliphatic carbocycles. The summed E-state index contributed by atoms with van der Waals surface area (Å²) in [5, 5.41) is 4.77. The highest BCUT2D eigenvalue weighted by Crippen LogP contribution is 2.41. The monoisotopic (exact) mass is 370 g/mol. The zero-order valence-corrected chi connectivity index (χ0v) is 13.7. The number of thiophene rings is 1. The van der Waals surface area contributed by atoms with Crippen molar-refractivity contribution in [3.8, 4) is 0 Å². The molecule has 1 atom stereocenters. The Hall–Kier alpha value is -0.540. The molecule has 2 aromatic carbocycles. The van der Waals surface area contributed by atoms with E-state index >= 15 is 0 Å². The van der Waals surface area contributed by atoms with E-state index in [2.05, 4.69) is 22.0 Å². The largest absolute Gasteiger partial charge is 0.146 e. The van der Waals surface area contributed by atoms with Gasteiger partial charge in [-0.2, -0.15) is 0 Å². The van der Waals surface area contributed by atoms with Crippen LogP contribution >= 0.6 is 50.5 Å². The van der Waals surface area contributed by atoms with Crippen molar-refractivity contribution in [2.24, 2.45) is 0 Å². The van der Waals surface area contributed by atoms with Crippen molar-refractivity contribution in [2.45, 2.75) is 5.38 Å². The Morgan fingerprint density at radius 3 is 2.42 bits per heavy atom. The van der Waals surface area contributed by atoms with Gasteiger partial charge in [0.1, 0.15) is 0 Å². The van der Waals surface area contributed by atoms with Crippen LogP contribution in [0.25, 0.3) is 10.8 Å². The highest BCUT2D eigenvalue weighted by Gasteiger charge is 2.18. The zero-order valence-electron chi connectivity index (χ0n) is 9.74. The van der Waals surface area contributed by atoms with E-state index in [1.54, 1.807) is 11.3 Å². The lowest BCUT2D eigenvalue weighted by Gasteiger charge is -2.13. The van der Waals surface area contributed by atoms with E-state index in [4.69, 9.17) is 23.2 Å². The fourth-order valence-corrected chi connectivity index (χ4v) is 4.55. The number of fused-ring (bicyclic) bond motifs is 1. The van der Waals surface area contributed by atoms with Gasteiger partial charge in [-0.05, 0) is 44.4 Å². The van der Waals surface area contributed by atoms with Crippen LogP contribution in [0.3, 0.4) is 0 Å². The van der Waals surface area contributed by atoms with E-state index in [9.17, 15) is 0 Å². The number of benzene rings is 2. The van der Waals surface area contributed by atoms with E-state index in [0.29, 0.717) is 0 Å². The Kier molecular flexibility index (Phi) is 3.86. The van der Waals surface area contributed by atoms with Gasteiger partial charge in [0.15, 0.2) is 0 Å². The number of hydrogen-bond acceptors (Lipinski definition) is 1. The van der Waals surface area contributed by atoms with Gasteiger partial charge < -0.3 is 0 Å². The first-order chi connectivity index (χ1) is 9.18. The maximum absolute atomic E-state index is 6.65. The number of hydrogen-bond donors (Lipinski definition) is 0. The number of rotatable bonds is 2. The second-order valence-electron chi connectivity index (χ2n) is 4.18. The minimum Gasteiger partial charge on any atom is -0.146 e. The summed E-state index contributed by atoms with van der Waals surface area (Å²) >= 11 is 18.1. The van der Waals surface area contributed by atoms with Gasteiger partial charge in [0, 0.05) is 19.8 Å². The SMILES string of the molecule is Clc1ccc(C(Cl)c2sccc2Br)c2ccccc12. The molecule has 0 saturated carbocycles. The van der Waals surface area contributed by atoms with E-state index < -0.39 is 0 Å². The molecule has 0 spiro atoms. The van der Waals surface area contributed by atoms with Crippen LogP contribution in [-0.2, 0) is 0 Å². The van der Waals surface area contributed by atoms with Crippen LogP contribution in [0.15, 0.2) is 52.3 Å². The highest BCUT2D eigenvalue weighted by molar-refractivity contribution is 9.10. The van der Waals surface area contributed by atoms with Crippen LogP contribution in [-0.4, -0.2) is 0 Å². The number of halogens is 3. The van der Waals surface area contributed by atoms with Gasteiger partial charge in [-0.1, -0.05) is 41.9 Å². The van der Waals surface area contributed by atoms with Crippen LogP contribution in [0, 0.1) is 0 Å². The molecule has 0 N–H and O–H groups in total. The Labute approximate surface area is 134 Å². The molecule has 3 aromatic rings.